The number of nitrogens with one attached hydrogen (secondary N) is 1. The normalized spacial score (nSPS) is 20.9. The maximum atomic E-state index is 12.9. The van der Waals surface area contributed by atoms with E-state index in [1.54, 1.807) is 9.80 Å². The molecule has 1 aromatic carbocycles. The van der Waals surface area contributed by atoms with Gasteiger partial charge in [-0.1, -0.05) is 38.9 Å². The second kappa shape index (κ2) is 6.96. The van der Waals surface area contributed by atoms with Crippen LogP contribution in [0.15, 0.2) is 28.9 Å². The SMILES string of the molecule is COC(=O)N1CC[C@]2(C1)CN(C(=O)Nc1ncc(Cl)s1)c1ccc(Br)cc12. The van der Waals surface area contributed by atoms with Crippen molar-refractivity contribution < 1.29 is 14.3 Å². The van der Waals surface area contributed by atoms with Crippen LogP contribution in [0.25, 0.3) is 0 Å². The van der Waals surface area contributed by atoms with E-state index in [-0.39, 0.29) is 17.5 Å². The van der Waals surface area contributed by atoms with E-state index in [1.165, 1.54) is 24.6 Å². The van der Waals surface area contributed by atoms with Crippen LogP contribution >= 0.6 is 38.9 Å². The lowest BCUT2D eigenvalue weighted by Gasteiger charge is -2.25. The summed E-state index contributed by atoms with van der Waals surface area (Å²) in [7, 11) is 1.38. The fourth-order valence-electron chi connectivity index (χ4n) is 3.80. The molecule has 1 atom stereocenters. The maximum absolute atomic E-state index is 12.9. The first-order valence-corrected chi connectivity index (χ1v) is 10.2. The Kier molecular flexibility index (Phi) is 4.77. The van der Waals surface area contributed by atoms with Crippen LogP contribution in [0, 0.1) is 0 Å². The van der Waals surface area contributed by atoms with Crippen molar-refractivity contribution in [2.75, 3.05) is 37.0 Å². The van der Waals surface area contributed by atoms with E-state index in [0.29, 0.717) is 29.1 Å². The monoisotopic (exact) mass is 470 g/mol. The van der Waals surface area contributed by atoms with Gasteiger partial charge in [-0.25, -0.2) is 14.6 Å². The Hall–Kier alpha value is -1.84. The smallest absolute Gasteiger partial charge is 0.409 e. The summed E-state index contributed by atoms with van der Waals surface area (Å²) in [6.07, 6.45) is 1.92. The molecule has 1 N–H and O–H groups in total. The summed E-state index contributed by atoms with van der Waals surface area (Å²) in [4.78, 5) is 32.4. The summed E-state index contributed by atoms with van der Waals surface area (Å²) in [6.45, 7) is 1.59. The molecule has 27 heavy (non-hydrogen) atoms. The predicted molar refractivity (Wildman–Crippen MR) is 108 cm³/mol. The molecule has 7 nitrogen and oxygen atoms in total. The van der Waals surface area contributed by atoms with E-state index in [2.05, 4.69) is 26.2 Å². The van der Waals surface area contributed by atoms with Gasteiger partial charge in [-0.05, 0) is 30.2 Å². The van der Waals surface area contributed by atoms with Crippen LogP contribution in [0.3, 0.4) is 0 Å². The Morgan fingerprint density at radius 2 is 2.22 bits per heavy atom. The zero-order chi connectivity index (χ0) is 19.2. The molecule has 0 radical (unpaired) electrons. The van der Waals surface area contributed by atoms with E-state index in [9.17, 15) is 9.59 Å². The topological polar surface area (TPSA) is 74.8 Å². The number of halogens is 2. The van der Waals surface area contributed by atoms with Crippen molar-refractivity contribution in [1.29, 1.82) is 0 Å². The number of hydrogen-bond donors (Lipinski definition) is 1. The van der Waals surface area contributed by atoms with E-state index in [4.69, 9.17) is 16.3 Å². The minimum absolute atomic E-state index is 0.266. The Morgan fingerprint density at radius 1 is 1.41 bits per heavy atom. The van der Waals surface area contributed by atoms with E-state index < -0.39 is 0 Å². The molecule has 10 heteroatoms. The van der Waals surface area contributed by atoms with Gasteiger partial charge in [0, 0.05) is 35.2 Å². The average Bonchev–Trinajstić information content (AvgIpc) is 3.34. The fourth-order valence-corrected chi connectivity index (χ4v) is 4.96. The molecule has 0 bridgehead atoms. The molecule has 2 aromatic rings. The number of fused-ring (bicyclic) bond motifs is 2. The number of urea groups is 1. The van der Waals surface area contributed by atoms with Crippen LogP contribution in [0.4, 0.5) is 20.4 Å². The third kappa shape index (κ3) is 3.28. The van der Waals surface area contributed by atoms with Crippen LogP contribution in [0.2, 0.25) is 4.34 Å². The predicted octanol–water partition coefficient (Wildman–Crippen LogP) is 4.32. The summed E-state index contributed by atoms with van der Waals surface area (Å²) >= 11 is 10.6. The molecular weight excluding hydrogens is 456 g/mol. The van der Waals surface area contributed by atoms with Gasteiger partial charge in [0.05, 0.1) is 13.3 Å². The Bertz CT molecular complexity index is 923. The molecule has 142 valence electrons. The van der Waals surface area contributed by atoms with Gasteiger partial charge in [0.1, 0.15) is 4.34 Å². The first kappa shape index (κ1) is 18.5. The minimum Gasteiger partial charge on any atom is -0.453 e. The maximum Gasteiger partial charge on any atom is 0.409 e. The highest BCUT2D eigenvalue weighted by Gasteiger charge is 2.50. The van der Waals surface area contributed by atoms with Crippen molar-refractivity contribution in [3.63, 3.8) is 0 Å². The highest BCUT2D eigenvalue weighted by atomic mass is 79.9. The molecular formula is C17H16BrClN4O3S. The van der Waals surface area contributed by atoms with Gasteiger partial charge >= 0.3 is 12.1 Å². The van der Waals surface area contributed by atoms with Gasteiger partial charge in [0.15, 0.2) is 5.13 Å². The quantitative estimate of drug-likeness (QED) is 0.672. The number of carbonyl (C=O) groups is 2. The molecule has 1 fully saturated rings. The van der Waals surface area contributed by atoms with Crippen molar-refractivity contribution in [1.82, 2.24) is 9.88 Å². The van der Waals surface area contributed by atoms with Crippen molar-refractivity contribution in [2.24, 2.45) is 0 Å². The third-order valence-corrected chi connectivity index (χ3v) is 6.53. The summed E-state index contributed by atoms with van der Waals surface area (Å²) in [5.74, 6) is 0. The number of amides is 3. The number of nitrogens with zero attached hydrogens (tertiary/aromatic N) is 3. The number of carbonyl (C=O) groups excluding carboxylic acids is 2. The number of hydrogen-bond acceptors (Lipinski definition) is 5. The molecule has 4 rings (SSSR count). The zero-order valence-corrected chi connectivity index (χ0v) is 17.5. The van der Waals surface area contributed by atoms with E-state index in [1.807, 2.05) is 18.2 Å². The van der Waals surface area contributed by atoms with Gasteiger partial charge in [-0.15, -0.1) is 0 Å². The van der Waals surface area contributed by atoms with Gasteiger partial charge in [0.2, 0.25) is 0 Å². The summed E-state index contributed by atoms with van der Waals surface area (Å²) < 4.78 is 6.32. The molecule has 1 aromatic heterocycles. The fraction of sp³-hybridized carbons (Fsp3) is 0.353. The van der Waals surface area contributed by atoms with Crippen LogP contribution in [0.1, 0.15) is 12.0 Å². The average molecular weight is 472 g/mol. The lowest BCUT2D eigenvalue weighted by Crippen LogP contribution is -2.41. The first-order chi connectivity index (χ1) is 12.9. The highest BCUT2D eigenvalue weighted by Crippen LogP contribution is 2.47. The number of benzene rings is 1. The summed E-state index contributed by atoms with van der Waals surface area (Å²) in [5.41, 5.74) is 1.58. The minimum atomic E-state index is -0.344. The molecule has 1 saturated heterocycles. The van der Waals surface area contributed by atoms with Gasteiger partial charge in [-0.3, -0.25) is 10.2 Å². The molecule has 0 saturated carbocycles. The van der Waals surface area contributed by atoms with Gasteiger partial charge in [-0.2, -0.15) is 0 Å². The number of anilines is 2. The van der Waals surface area contributed by atoms with Crippen molar-refractivity contribution in [3.05, 3.63) is 38.8 Å². The second-order valence-corrected chi connectivity index (χ2v) is 9.15. The molecule has 0 aliphatic carbocycles. The number of rotatable bonds is 1. The largest absolute Gasteiger partial charge is 0.453 e. The molecule has 0 unspecified atom stereocenters. The lowest BCUT2D eigenvalue weighted by atomic mass is 9.82. The molecule has 2 aliphatic heterocycles. The summed E-state index contributed by atoms with van der Waals surface area (Å²) in [5, 5.41) is 3.26. The molecule has 1 spiro atoms. The summed E-state index contributed by atoms with van der Waals surface area (Å²) in [6, 6.07) is 5.59. The number of likely N-dealkylation sites (tertiary alicyclic amines) is 1. The Labute approximate surface area is 173 Å². The molecule has 3 heterocycles. The van der Waals surface area contributed by atoms with Crippen LogP contribution in [0.5, 0.6) is 0 Å². The second-order valence-electron chi connectivity index (χ2n) is 6.57. The van der Waals surface area contributed by atoms with Crippen LogP contribution in [-0.4, -0.2) is 48.8 Å². The van der Waals surface area contributed by atoms with Crippen molar-refractivity contribution in [3.8, 4) is 0 Å². The third-order valence-electron chi connectivity index (χ3n) is 5.00. The Balaban J connectivity index is 1.64. The highest BCUT2D eigenvalue weighted by molar-refractivity contribution is 9.10. The van der Waals surface area contributed by atoms with Crippen LogP contribution < -0.4 is 10.2 Å². The number of aromatic nitrogens is 1. The van der Waals surface area contributed by atoms with Crippen LogP contribution in [-0.2, 0) is 10.2 Å². The van der Waals surface area contributed by atoms with Gasteiger partial charge in [0.25, 0.3) is 0 Å². The van der Waals surface area contributed by atoms with E-state index in [0.717, 1.165) is 22.1 Å². The van der Waals surface area contributed by atoms with Crippen molar-refractivity contribution >= 4 is 61.8 Å². The first-order valence-electron chi connectivity index (χ1n) is 8.25. The van der Waals surface area contributed by atoms with Crippen molar-refractivity contribution in [2.45, 2.75) is 11.8 Å². The molecule has 2 aliphatic rings. The zero-order valence-electron chi connectivity index (χ0n) is 14.4. The standard InChI is InChI=1S/C17H16BrClN4O3S/c1-26-16(25)22-5-4-17(8-22)9-23(12-3-2-10(18)6-11(12)17)15(24)21-14-20-7-13(19)27-14/h2-3,6-7H,4-5,8-9H2,1H3,(H,20,21,24)/t17-/m0/s1. The lowest BCUT2D eigenvalue weighted by molar-refractivity contribution is 0.131. The number of thiazole rings is 1. The Morgan fingerprint density at radius 3 is 2.93 bits per heavy atom. The van der Waals surface area contributed by atoms with Gasteiger partial charge < -0.3 is 9.64 Å². The molecule has 3 amide bonds. The number of ether oxygens (including phenoxy) is 1. The number of methoxy groups -OCH3 is 1. The van der Waals surface area contributed by atoms with E-state index >= 15 is 0 Å².